The number of aromatic nitrogens is 2. The number of hydrogen-bond acceptors (Lipinski definition) is 2. The highest BCUT2D eigenvalue weighted by Gasteiger charge is 2.16. The molecule has 0 amide bonds. The average Bonchev–Trinajstić information content (AvgIpc) is 2.25. The lowest BCUT2D eigenvalue weighted by Gasteiger charge is -2.18. The van der Waals surface area contributed by atoms with Crippen LogP contribution in [-0.4, -0.2) is 29.8 Å². The highest BCUT2D eigenvalue weighted by molar-refractivity contribution is 5.54. The predicted octanol–water partition coefficient (Wildman–Crippen LogP) is 1.74. The molecule has 0 aliphatic carbocycles. The fraction of sp³-hybridized carbons (Fsp3) is 0.667. The molecule has 1 rings (SSSR count). The summed E-state index contributed by atoms with van der Waals surface area (Å²) in [5, 5.41) is 4.17. The minimum atomic E-state index is -2.32. The van der Waals surface area contributed by atoms with Crippen LogP contribution in [0.1, 0.15) is 11.4 Å². The molecular formula is C9H15F2N3. The molecule has 0 N–H and O–H groups in total. The number of halogens is 2. The van der Waals surface area contributed by atoms with Crippen LogP contribution in [0.15, 0.2) is 0 Å². The lowest BCUT2D eigenvalue weighted by Crippen LogP contribution is -2.25. The third-order valence-corrected chi connectivity index (χ3v) is 2.26. The van der Waals surface area contributed by atoms with Gasteiger partial charge in [0.25, 0.3) is 6.43 Å². The van der Waals surface area contributed by atoms with Gasteiger partial charge in [0.1, 0.15) is 0 Å². The Morgan fingerprint density at radius 1 is 1.43 bits per heavy atom. The van der Waals surface area contributed by atoms with E-state index in [1.165, 1.54) is 0 Å². The normalized spacial score (nSPS) is 11.1. The number of aryl methyl sites for hydroxylation is 2. The second-order valence-corrected chi connectivity index (χ2v) is 3.41. The van der Waals surface area contributed by atoms with Gasteiger partial charge in [-0.3, -0.25) is 4.68 Å². The van der Waals surface area contributed by atoms with Gasteiger partial charge in [0.15, 0.2) is 0 Å². The molecule has 0 aliphatic rings. The Hall–Kier alpha value is -1.13. The molecule has 5 heteroatoms. The molecule has 0 radical (unpaired) electrons. The first kappa shape index (κ1) is 10.9. The van der Waals surface area contributed by atoms with Crippen LogP contribution in [0.3, 0.4) is 0 Å². The third kappa shape index (κ3) is 2.02. The van der Waals surface area contributed by atoms with Crippen LogP contribution in [0.5, 0.6) is 0 Å². The summed E-state index contributed by atoms with van der Waals surface area (Å²) in [7, 11) is 3.46. The molecule has 0 aromatic carbocycles. The maximum absolute atomic E-state index is 12.2. The molecule has 0 saturated heterocycles. The van der Waals surface area contributed by atoms with E-state index in [2.05, 4.69) is 5.10 Å². The van der Waals surface area contributed by atoms with E-state index < -0.39 is 6.43 Å². The average molecular weight is 203 g/mol. The molecule has 0 aliphatic heterocycles. The van der Waals surface area contributed by atoms with Crippen LogP contribution in [0.4, 0.5) is 14.5 Å². The SMILES string of the molecule is Cc1nn(C)c(C)c1N(C)CC(F)F. The summed E-state index contributed by atoms with van der Waals surface area (Å²) in [6.07, 6.45) is -2.32. The number of nitrogens with zero attached hydrogens (tertiary/aromatic N) is 3. The molecule has 0 fully saturated rings. The van der Waals surface area contributed by atoms with Gasteiger partial charge in [0, 0.05) is 14.1 Å². The van der Waals surface area contributed by atoms with Gasteiger partial charge < -0.3 is 4.90 Å². The summed E-state index contributed by atoms with van der Waals surface area (Å²) < 4.78 is 26.0. The van der Waals surface area contributed by atoms with Gasteiger partial charge in [-0.05, 0) is 13.8 Å². The van der Waals surface area contributed by atoms with E-state index in [0.717, 1.165) is 17.1 Å². The van der Waals surface area contributed by atoms with Crippen molar-refractivity contribution < 1.29 is 8.78 Å². The van der Waals surface area contributed by atoms with Crippen molar-refractivity contribution in [3.05, 3.63) is 11.4 Å². The number of rotatable bonds is 3. The lowest BCUT2D eigenvalue weighted by atomic mass is 10.3. The fourth-order valence-electron chi connectivity index (χ4n) is 1.61. The quantitative estimate of drug-likeness (QED) is 0.746. The summed E-state index contributed by atoms with van der Waals surface area (Å²) in [6, 6.07) is 0. The van der Waals surface area contributed by atoms with E-state index in [1.54, 1.807) is 16.6 Å². The van der Waals surface area contributed by atoms with Gasteiger partial charge in [0.05, 0.1) is 23.6 Å². The van der Waals surface area contributed by atoms with Crippen molar-refractivity contribution in [1.82, 2.24) is 9.78 Å². The second kappa shape index (κ2) is 3.94. The summed E-state index contributed by atoms with van der Waals surface area (Å²) in [5.74, 6) is 0. The summed E-state index contributed by atoms with van der Waals surface area (Å²) in [6.45, 7) is 3.44. The standard InChI is InChI=1S/C9H15F2N3/c1-6-9(7(2)14(4)12-6)13(3)5-8(10)11/h8H,5H2,1-4H3. The van der Waals surface area contributed by atoms with Crippen LogP contribution < -0.4 is 4.90 Å². The molecule has 3 nitrogen and oxygen atoms in total. The molecule has 1 heterocycles. The van der Waals surface area contributed by atoms with Crippen molar-refractivity contribution >= 4 is 5.69 Å². The first-order valence-electron chi connectivity index (χ1n) is 4.43. The first-order chi connectivity index (χ1) is 6.43. The molecule has 80 valence electrons. The van der Waals surface area contributed by atoms with E-state index in [0.29, 0.717) is 0 Å². The second-order valence-electron chi connectivity index (χ2n) is 3.41. The minimum absolute atomic E-state index is 0.257. The van der Waals surface area contributed by atoms with E-state index in [9.17, 15) is 8.78 Å². The van der Waals surface area contributed by atoms with E-state index in [4.69, 9.17) is 0 Å². The summed E-state index contributed by atoms with van der Waals surface area (Å²) >= 11 is 0. The number of alkyl halides is 2. The monoisotopic (exact) mass is 203 g/mol. The molecule has 1 aromatic heterocycles. The van der Waals surface area contributed by atoms with Crippen LogP contribution in [0, 0.1) is 13.8 Å². The van der Waals surface area contributed by atoms with Gasteiger partial charge in [-0.2, -0.15) is 5.10 Å². The van der Waals surface area contributed by atoms with Gasteiger partial charge >= 0.3 is 0 Å². The first-order valence-corrected chi connectivity index (χ1v) is 4.43. The summed E-state index contributed by atoms with van der Waals surface area (Å²) in [5.41, 5.74) is 2.49. The number of hydrogen-bond donors (Lipinski definition) is 0. The van der Waals surface area contributed by atoms with Crippen LogP contribution in [-0.2, 0) is 7.05 Å². The molecule has 0 saturated carbocycles. The van der Waals surface area contributed by atoms with Crippen molar-refractivity contribution in [3.63, 3.8) is 0 Å². The Bertz CT molecular complexity index is 320. The Morgan fingerprint density at radius 3 is 2.36 bits per heavy atom. The topological polar surface area (TPSA) is 21.1 Å². The summed E-state index contributed by atoms with van der Waals surface area (Å²) in [4.78, 5) is 1.54. The zero-order chi connectivity index (χ0) is 10.9. The molecule has 0 spiro atoms. The molecule has 0 unspecified atom stereocenters. The van der Waals surface area contributed by atoms with Crippen molar-refractivity contribution in [2.75, 3.05) is 18.5 Å². The zero-order valence-electron chi connectivity index (χ0n) is 8.88. The van der Waals surface area contributed by atoms with E-state index >= 15 is 0 Å². The van der Waals surface area contributed by atoms with E-state index in [-0.39, 0.29) is 6.54 Å². The highest BCUT2D eigenvalue weighted by Crippen LogP contribution is 2.22. The van der Waals surface area contributed by atoms with Crippen molar-refractivity contribution in [3.8, 4) is 0 Å². The maximum Gasteiger partial charge on any atom is 0.255 e. The highest BCUT2D eigenvalue weighted by atomic mass is 19.3. The van der Waals surface area contributed by atoms with Crippen LogP contribution in [0.2, 0.25) is 0 Å². The van der Waals surface area contributed by atoms with Crippen molar-refractivity contribution in [2.45, 2.75) is 20.3 Å². The molecule has 1 aromatic rings. The Labute approximate surface area is 82.3 Å². The minimum Gasteiger partial charge on any atom is -0.366 e. The fourth-order valence-corrected chi connectivity index (χ4v) is 1.61. The zero-order valence-corrected chi connectivity index (χ0v) is 8.88. The maximum atomic E-state index is 12.2. The predicted molar refractivity (Wildman–Crippen MR) is 52.0 cm³/mol. The third-order valence-electron chi connectivity index (χ3n) is 2.26. The van der Waals surface area contributed by atoms with Gasteiger partial charge in [0.2, 0.25) is 0 Å². The van der Waals surface area contributed by atoms with Crippen molar-refractivity contribution in [2.24, 2.45) is 7.05 Å². The van der Waals surface area contributed by atoms with Gasteiger partial charge in [-0.15, -0.1) is 0 Å². The van der Waals surface area contributed by atoms with Crippen LogP contribution in [0.25, 0.3) is 0 Å². The van der Waals surface area contributed by atoms with Crippen LogP contribution >= 0.6 is 0 Å². The molecule has 14 heavy (non-hydrogen) atoms. The number of anilines is 1. The molecule has 0 bridgehead atoms. The Morgan fingerprint density at radius 2 is 2.00 bits per heavy atom. The van der Waals surface area contributed by atoms with Crippen molar-refractivity contribution in [1.29, 1.82) is 0 Å². The van der Waals surface area contributed by atoms with E-state index in [1.807, 2.05) is 20.9 Å². The lowest BCUT2D eigenvalue weighted by molar-refractivity contribution is 0.156. The Balaban J connectivity index is 2.94. The molecular weight excluding hydrogens is 188 g/mol. The van der Waals surface area contributed by atoms with Gasteiger partial charge in [-0.1, -0.05) is 0 Å². The Kier molecular flexibility index (Phi) is 3.08. The smallest absolute Gasteiger partial charge is 0.255 e. The largest absolute Gasteiger partial charge is 0.366 e. The molecule has 0 atom stereocenters. The van der Waals surface area contributed by atoms with Gasteiger partial charge in [-0.25, -0.2) is 8.78 Å².